The topological polar surface area (TPSA) is 71.2 Å². The Hall–Kier alpha value is -3.06. The molecular formula is C26H31FN4O2. The summed E-state index contributed by atoms with van der Waals surface area (Å²) in [6.07, 6.45) is 4.94. The minimum atomic E-state index is -0.682. The summed E-state index contributed by atoms with van der Waals surface area (Å²) in [6, 6.07) is 13.7. The molecule has 2 heterocycles. The smallest absolute Gasteiger partial charge is 0.223 e. The van der Waals surface area contributed by atoms with E-state index in [4.69, 9.17) is 0 Å². The van der Waals surface area contributed by atoms with Gasteiger partial charge in [0.2, 0.25) is 5.91 Å². The molecule has 3 atom stereocenters. The van der Waals surface area contributed by atoms with Gasteiger partial charge in [0.25, 0.3) is 0 Å². The number of piperidine rings is 1. The molecule has 3 aromatic rings. The summed E-state index contributed by atoms with van der Waals surface area (Å²) < 4.78 is 14.9. The molecular weight excluding hydrogens is 419 g/mol. The van der Waals surface area contributed by atoms with Gasteiger partial charge in [0.15, 0.2) is 0 Å². The lowest BCUT2D eigenvalue weighted by Crippen LogP contribution is -2.48. The van der Waals surface area contributed by atoms with Crippen molar-refractivity contribution in [3.05, 3.63) is 71.7 Å². The predicted molar refractivity (Wildman–Crippen MR) is 125 cm³/mol. The molecule has 1 aliphatic heterocycles. The second kappa shape index (κ2) is 10.3. The summed E-state index contributed by atoms with van der Waals surface area (Å²) in [4.78, 5) is 15.1. The van der Waals surface area contributed by atoms with Crippen LogP contribution in [0.3, 0.4) is 0 Å². The Balaban J connectivity index is 1.58. The van der Waals surface area contributed by atoms with Crippen LogP contribution in [0.2, 0.25) is 0 Å². The molecule has 0 radical (unpaired) electrons. The van der Waals surface area contributed by atoms with Crippen LogP contribution in [0.25, 0.3) is 11.3 Å². The summed E-state index contributed by atoms with van der Waals surface area (Å²) >= 11 is 0. The highest BCUT2D eigenvalue weighted by molar-refractivity contribution is 5.77. The molecule has 1 fully saturated rings. The van der Waals surface area contributed by atoms with Crippen molar-refractivity contribution in [3.63, 3.8) is 0 Å². The molecule has 1 N–H and O–H groups in total. The van der Waals surface area contributed by atoms with Crippen LogP contribution in [0.4, 0.5) is 4.39 Å². The highest BCUT2D eigenvalue weighted by Crippen LogP contribution is 2.36. The van der Waals surface area contributed by atoms with E-state index >= 15 is 0 Å². The van der Waals surface area contributed by atoms with Crippen molar-refractivity contribution in [2.24, 2.45) is 0 Å². The van der Waals surface area contributed by atoms with Gasteiger partial charge < -0.3 is 10.0 Å². The van der Waals surface area contributed by atoms with Crippen molar-refractivity contribution in [2.45, 2.75) is 64.1 Å². The van der Waals surface area contributed by atoms with Crippen LogP contribution in [-0.2, 0) is 4.79 Å². The number of unbranched alkanes of at least 4 members (excludes halogenated alkanes) is 2. The number of likely N-dealkylation sites (tertiary alicyclic amines) is 1. The molecule has 0 spiro atoms. The van der Waals surface area contributed by atoms with Gasteiger partial charge >= 0.3 is 0 Å². The van der Waals surface area contributed by atoms with E-state index in [9.17, 15) is 14.3 Å². The molecule has 0 saturated carbocycles. The van der Waals surface area contributed by atoms with Gasteiger partial charge in [-0.2, -0.15) is 0 Å². The summed E-state index contributed by atoms with van der Waals surface area (Å²) in [5.41, 5.74) is 3.54. The van der Waals surface area contributed by atoms with Crippen molar-refractivity contribution < 1.29 is 14.3 Å². The molecule has 1 amide bonds. The van der Waals surface area contributed by atoms with Gasteiger partial charge in [-0.25, -0.2) is 9.07 Å². The number of carbonyl (C=O) groups is 1. The van der Waals surface area contributed by atoms with Crippen molar-refractivity contribution in [1.82, 2.24) is 19.9 Å². The number of amides is 1. The Labute approximate surface area is 194 Å². The monoisotopic (exact) mass is 450 g/mol. The Bertz CT molecular complexity index is 1060. The van der Waals surface area contributed by atoms with Crippen LogP contribution < -0.4 is 0 Å². The molecule has 174 valence electrons. The van der Waals surface area contributed by atoms with Crippen LogP contribution in [0.5, 0.6) is 0 Å². The highest BCUT2D eigenvalue weighted by atomic mass is 19.1. The number of rotatable bonds is 7. The van der Waals surface area contributed by atoms with Gasteiger partial charge in [0.1, 0.15) is 11.5 Å². The molecule has 7 heteroatoms. The van der Waals surface area contributed by atoms with Crippen molar-refractivity contribution in [1.29, 1.82) is 0 Å². The number of hydrogen-bond acceptors (Lipinski definition) is 4. The van der Waals surface area contributed by atoms with E-state index in [1.807, 2.05) is 36.1 Å². The van der Waals surface area contributed by atoms with Crippen molar-refractivity contribution >= 4 is 5.91 Å². The Morgan fingerprint density at radius 2 is 1.85 bits per heavy atom. The number of halogens is 1. The molecule has 4 rings (SSSR count). The minimum Gasteiger partial charge on any atom is -0.391 e. The zero-order valence-corrected chi connectivity index (χ0v) is 19.2. The Morgan fingerprint density at radius 1 is 1.12 bits per heavy atom. The normalized spacial score (nSPS) is 20.7. The third-order valence-corrected chi connectivity index (χ3v) is 6.44. The van der Waals surface area contributed by atoms with E-state index < -0.39 is 12.1 Å². The molecule has 1 saturated heterocycles. The average Bonchev–Trinajstić information content (AvgIpc) is 3.30. The number of benzene rings is 2. The lowest BCUT2D eigenvalue weighted by molar-refractivity contribution is -0.139. The number of nitrogens with zero attached hydrogens (tertiary/aromatic N) is 4. The first-order chi connectivity index (χ1) is 16.0. The first kappa shape index (κ1) is 23.1. The van der Waals surface area contributed by atoms with E-state index in [0.717, 1.165) is 36.0 Å². The average molecular weight is 451 g/mol. The molecule has 0 bridgehead atoms. The Kier molecular flexibility index (Phi) is 7.18. The molecule has 6 nitrogen and oxygen atoms in total. The summed E-state index contributed by atoms with van der Waals surface area (Å²) in [6.45, 7) is 4.51. The largest absolute Gasteiger partial charge is 0.391 e. The molecule has 1 aliphatic rings. The van der Waals surface area contributed by atoms with Crippen LogP contribution in [0.15, 0.2) is 54.7 Å². The zero-order chi connectivity index (χ0) is 23.4. The second-order valence-electron chi connectivity index (χ2n) is 8.89. The summed E-state index contributed by atoms with van der Waals surface area (Å²) in [5, 5.41) is 19.5. The van der Waals surface area contributed by atoms with E-state index in [2.05, 4.69) is 17.2 Å². The van der Waals surface area contributed by atoms with Gasteiger partial charge in [-0.3, -0.25) is 4.79 Å². The molecule has 1 aromatic heterocycles. The van der Waals surface area contributed by atoms with Crippen molar-refractivity contribution in [3.8, 4) is 11.3 Å². The second-order valence-corrected chi connectivity index (χ2v) is 8.89. The third-order valence-electron chi connectivity index (χ3n) is 6.44. The van der Waals surface area contributed by atoms with Crippen LogP contribution >= 0.6 is 0 Å². The van der Waals surface area contributed by atoms with E-state index in [0.29, 0.717) is 25.1 Å². The van der Waals surface area contributed by atoms with Gasteiger partial charge in [0, 0.05) is 24.9 Å². The summed E-state index contributed by atoms with van der Waals surface area (Å²) in [5.74, 6) is -0.210. The van der Waals surface area contributed by atoms with Crippen molar-refractivity contribution in [2.75, 3.05) is 6.54 Å². The standard InChI is InChI=1S/C26H31FN4O2/c1-3-4-5-6-26(33)30-17-24(25(32)15-23(30)20-9-7-18(2)8-10-20)31-16-22(28-29-31)19-11-13-21(27)14-12-19/h7-14,16,23-25,32H,3-6,15,17H2,1-2H3/t23-,24-,25-/m1/s1. The maximum atomic E-state index is 13.3. The maximum absolute atomic E-state index is 13.3. The van der Waals surface area contributed by atoms with Gasteiger partial charge in [-0.15, -0.1) is 5.10 Å². The fraction of sp³-hybridized carbons (Fsp3) is 0.423. The number of aliphatic hydroxyl groups is 1. The van der Waals surface area contributed by atoms with Crippen LogP contribution in [-0.4, -0.2) is 43.6 Å². The fourth-order valence-corrected chi connectivity index (χ4v) is 4.47. The minimum absolute atomic E-state index is 0.102. The molecule has 33 heavy (non-hydrogen) atoms. The number of hydrogen-bond donors (Lipinski definition) is 1. The van der Waals surface area contributed by atoms with Crippen LogP contribution in [0, 0.1) is 12.7 Å². The molecule has 0 aliphatic carbocycles. The van der Waals surface area contributed by atoms with E-state index in [1.54, 1.807) is 23.0 Å². The molecule has 0 unspecified atom stereocenters. The predicted octanol–water partition coefficient (Wildman–Crippen LogP) is 4.85. The zero-order valence-electron chi connectivity index (χ0n) is 19.2. The molecule has 2 aromatic carbocycles. The lowest BCUT2D eigenvalue weighted by atomic mass is 9.89. The summed E-state index contributed by atoms with van der Waals surface area (Å²) in [7, 11) is 0. The van der Waals surface area contributed by atoms with Crippen LogP contribution in [0.1, 0.15) is 62.2 Å². The first-order valence-electron chi connectivity index (χ1n) is 11.7. The number of aromatic nitrogens is 3. The van der Waals surface area contributed by atoms with E-state index in [-0.39, 0.29) is 17.8 Å². The SMILES string of the molecule is CCCCCC(=O)N1C[C@@H](n2cc(-c3ccc(F)cc3)nn2)[C@H](O)C[C@@H]1c1ccc(C)cc1. The fourth-order valence-electron chi connectivity index (χ4n) is 4.47. The van der Waals surface area contributed by atoms with E-state index in [1.165, 1.54) is 12.1 Å². The van der Waals surface area contributed by atoms with Gasteiger partial charge in [-0.05, 0) is 43.2 Å². The maximum Gasteiger partial charge on any atom is 0.223 e. The first-order valence-corrected chi connectivity index (χ1v) is 11.7. The highest BCUT2D eigenvalue weighted by Gasteiger charge is 2.39. The number of aliphatic hydroxyl groups excluding tert-OH is 1. The quantitative estimate of drug-likeness (QED) is 0.523. The van der Waals surface area contributed by atoms with Gasteiger partial charge in [0.05, 0.1) is 24.4 Å². The third kappa shape index (κ3) is 5.30. The lowest BCUT2D eigenvalue weighted by Gasteiger charge is -2.42. The number of carbonyl (C=O) groups excluding carboxylic acids is 1. The Morgan fingerprint density at radius 3 is 2.55 bits per heavy atom. The number of aryl methyl sites for hydroxylation is 1. The van der Waals surface area contributed by atoms with Gasteiger partial charge in [-0.1, -0.05) is 54.8 Å².